The molecule has 1 fully saturated rings. The number of ether oxygens (including phenoxy) is 4. The first-order valence-corrected chi connectivity index (χ1v) is 9.86. The fourth-order valence-corrected chi connectivity index (χ4v) is 3.73. The molecule has 2 aromatic carbocycles. The Morgan fingerprint density at radius 3 is 2.66 bits per heavy atom. The minimum Gasteiger partial charge on any atom is -0.493 e. The molecule has 4 rings (SSSR count). The fourth-order valence-electron chi connectivity index (χ4n) is 3.73. The van der Waals surface area contributed by atoms with Crippen LogP contribution in [0.15, 0.2) is 42.5 Å². The third-order valence-corrected chi connectivity index (χ3v) is 5.09. The summed E-state index contributed by atoms with van der Waals surface area (Å²) < 4.78 is 23.0. The van der Waals surface area contributed by atoms with Gasteiger partial charge in [-0.15, -0.1) is 0 Å². The zero-order chi connectivity index (χ0) is 20.3. The summed E-state index contributed by atoms with van der Waals surface area (Å²) in [7, 11) is 1.57. The molecule has 0 atom stereocenters. The molecule has 0 bridgehead atoms. The Balaban J connectivity index is 1.36. The lowest BCUT2D eigenvalue weighted by Crippen LogP contribution is -2.34. The van der Waals surface area contributed by atoms with Crippen molar-refractivity contribution in [1.82, 2.24) is 0 Å². The van der Waals surface area contributed by atoms with Gasteiger partial charge in [-0.3, -0.25) is 4.79 Å². The maximum absolute atomic E-state index is 12.3. The number of anilines is 1. The van der Waals surface area contributed by atoms with Gasteiger partial charge < -0.3 is 24.3 Å². The molecule has 2 aromatic rings. The molecular weight excluding hydrogens is 370 g/mol. The van der Waals surface area contributed by atoms with Crippen molar-refractivity contribution in [2.45, 2.75) is 38.4 Å². The van der Waals surface area contributed by atoms with Gasteiger partial charge in [0.25, 0.3) is 11.7 Å². The van der Waals surface area contributed by atoms with E-state index >= 15 is 0 Å². The third kappa shape index (κ3) is 4.16. The number of allylic oxidation sites excluding steroid dienone is 1. The quantitative estimate of drug-likeness (QED) is 0.762. The van der Waals surface area contributed by atoms with Crippen molar-refractivity contribution in [2.24, 2.45) is 0 Å². The van der Waals surface area contributed by atoms with Crippen molar-refractivity contribution in [3.63, 3.8) is 0 Å². The zero-order valence-corrected chi connectivity index (χ0v) is 16.7. The highest BCUT2D eigenvalue weighted by Gasteiger charge is 2.44. The molecule has 2 aliphatic rings. The van der Waals surface area contributed by atoms with Gasteiger partial charge in [0.1, 0.15) is 0 Å². The Hall–Kier alpha value is -3.15. The van der Waals surface area contributed by atoms with Crippen LogP contribution in [0, 0.1) is 0 Å². The van der Waals surface area contributed by atoms with Crippen LogP contribution in [0.4, 0.5) is 5.69 Å². The summed E-state index contributed by atoms with van der Waals surface area (Å²) in [5, 5.41) is 2.84. The molecule has 1 saturated carbocycles. The average Bonchev–Trinajstić information content (AvgIpc) is 3.32. The van der Waals surface area contributed by atoms with Crippen LogP contribution in [0.3, 0.4) is 0 Å². The van der Waals surface area contributed by atoms with Crippen molar-refractivity contribution < 1.29 is 23.7 Å². The van der Waals surface area contributed by atoms with E-state index in [4.69, 9.17) is 18.9 Å². The van der Waals surface area contributed by atoms with Crippen LogP contribution in [0.25, 0.3) is 6.08 Å². The Morgan fingerprint density at radius 2 is 1.90 bits per heavy atom. The summed E-state index contributed by atoms with van der Waals surface area (Å²) in [5.74, 6) is 1.73. The highest BCUT2D eigenvalue weighted by molar-refractivity contribution is 5.92. The number of methoxy groups -OCH3 is 1. The first kappa shape index (κ1) is 19.2. The Labute approximate surface area is 170 Å². The number of fused-ring (bicyclic) bond motifs is 1. The summed E-state index contributed by atoms with van der Waals surface area (Å²) >= 11 is 0. The maximum atomic E-state index is 12.3. The molecule has 1 heterocycles. The van der Waals surface area contributed by atoms with Crippen LogP contribution < -0.4 is 24.3 Å². The van der Waals surface area contributed by atoms with Crippen molar-refractivity contribution in [3.05, 3.63) is 48.0 Å². The molecule has 1 aliphatic carbocycles. The maximum Gasteiger partial charge on any atom is 0.262 e. The van der Waals surface area contributed by atoms with E-state index in [-0.39, 0.29) is 12.5 Å². The highest BCUT2D eigenvalue weighted by Crippen LogP contribution is 2.47. The summed E-state index contributed by atoms with van der Waals surface area (Å²) in [5.41, 5.74) is 1.65. The van der Waals surface area contributed by atoms with Gasteiger partial charge in [-0.2, -0.15) is 0 Å². The molecule has 1 amide bonds. The van der Waals surface area contributed by atoms with Crippen LogP contribution >= 0.6 is 0 Å². The Morgan fingerprint density at radius 1 is 1.10 bits per heavy atom. The van der Waals surface area contributed by atoms with E-state index in [0.29, 0.717) is 22.9 Å². The minimum absolute atomic E-state index is 0.127. The van der Waals surface area contributed by atoms with E-state index in [1.807, 2.05) is 37.3 Å². The molecule has 1 spiro atoms. The molecule has 0 radical (unpaired) electrons. The summed E-state index contributed by atoms with van der Waals surface area (Å²) in [6.45, 7) is 1.82. The smallest absolute Gasteiger partial charge is 0.262 e. The standard InChI is InChI=1S/C23H25NO5/c1-3-6-16-7-9-18(20(13-16)26-2)27-15-22(25)24-17-8-10-19-21(14-17)29-23(28-19)11-4-5-12-23/h3,6-10,13-14H,4-5,11-12,15H2,1-2H3,(H,24,25)/b6-3+. The lowest BCUT2D eigenvalue weighted by atomic mass is 10.2. The van der Waals surface area contributed by atoms with Gasteiger partial charge in [0.15, 0.2) is 29.6 Å². The van der Waals surface area contributed by atoms with Crippen LogP contribution in [0.5, 0.6) is 23.0 Å². The molecule has 29 heavy (non-hydrogen) atoms. The first-order chi connectivity index (χ1) is 14.1. The molecule has 1 N–H and O–H groups in total. The second-order valence-corrected chi connectivity index (χ2v) is 7.23. The van der Waals surface area contributed by atoms with Gasteiger partial charge in [-0.1, -0.05) is 18.2 Å². The summed E-state index contributed by atoms with van der Waals surface area (Å²) in [6.07, 6.45) is 7.91. The van der Waals surface area contributed by atoms with E-state index in [9.17, 15) is 4.79 Å². The van der Waals surface area contributed by atoms with Gasteiger partial charge in [0, 0.05) is 24.6 Å². The highest BCUT2D eigenvalue weighted by atomic mass is 16.7. The lowest BCUT2D eigenvalue weighted by molar-refractivity contribution is -0.118. The van der Waals surface area contributed by atoms with Crippen LogP contribution in [-0.4, -0.2) is 25.4 Å². The van der Waals surface area contributed by atoms with Crippen molar-refractivity contribution >= 4 is 17.7 Å². The second-order valence-electron chi connectivity index (χ2n) is 7.23. The van der Waals surface area contributed by atoms with Gasteiger partial charge in [0.2, 0.25) is 0 Å². The fraction of sp³-hybridized carbons (Fsp3) is 0.348. The Kier molecular flexibility index (Phi) is 5.34. The first-order valence-electron chi connectivity index (χ1n) is 9.86. The van der Waals surface area contributed by atoms with Crippen molar-refractivity contribution in [2.75, 3.05) is 19.0 Å². The van der Waals surface area contributed by atoms with E-state index in [1.165, 1.54) is 0 Å². The van der Waals surface area contributed by atoms with Crippen LogP contribution in [-0.2, 0) is 4.79 Å². The van der Waals surface area contributed by atoms with Gasteiger partial charge in [-0.05, 0) is 49.6 Å². The van der Waals surface area contributed by atoms with Crippen LogP contribution in [0.1, 0.15) is 38.2 Å². The number of hydrogen-bond donors (Lipinski definition) is 1. The molecule has 6 heteroatoms. The SMILES string of the molecule is C/C=C/c1ccc(OCC(=O)Nc2ccc3c(c2)OC2(CCCC2)O3)c(OC)c1. The van der Waals surface area contributed by atoms with E-state index in [2.05, 4.69) is 5.32 Å². The number of carbonyl (C=O) groups is 1. The topological polar surface area (TPSA) is 66.0 Å². The van der Waals surface area contributed by atoms with E-state index < -0.39 is 5.79 Å². The summed E-state index contributed by atoms with van der Waals surface area (Å²) in [6, 6.07) is 11.0. The molecular formula is C23H25NO5. The number of carbonyl (C=O) groups excluding carboxylic acids is 1. The number of nitrogens with one attached hydrogen (secondary N) is 1. The lowest BCUT2D eigenvalue weighted by Gasteiger charge is -2.21. The molecule has 0 saturated heterocycles. The van der Waals surface area contributed by atoms with Crippen LogP contribution in [0.2, 0.25) is 0 Å². The molecule has 0 aromatic heterocycles. The van der Waals surface area contributed by atoms with Gasteiger partial charge >= 0.3 is 0 Å². The Bertz CT molecular complexity index is 931. The van der Waals surface area contributed by atoms with Crippen molar-refractivity contribution in [3.8, 4) is 23.0 Å². The van der Waals surface area contributed by atoms with E-state index in [1.54, 1.807) is 25.3 Å². The predicted molar refractivity (Wildman–Crippen MR) is 111 cm³/mol. The average molecular weight is 395 g/mol. The monoisotopic (exact) mass is 395 g/mol. The third-order valence-electron chi connectivity index (χ3n) is 5.09. The molecule has 6 nitrogen and oxygen atoms in total. The normalized spacial score (nSPS) is 16.3. The number of hydrogen-bond acceptors (Lipinski definition) is 5. The second kappa shape index (κ2) is 8.07. The molecule has 0 unspecified atom stereocenters. The van der Waals surface area contributed by atoms with Gasteiger partial charge in [0.05, 0.1) is 7.11 Å². The molecule has 1 aliphatic heterocycles. The minimum atomic E-state index is -0.510. The molecule has 152 valence electrons. The predicted octanol–water partition coefficient (Wildman–Crippen LogP) is 4.79. The number of amides is 1. The summed E-state index contributed by atoms with van der Waals surface area (Å²) in [4.78, 5) is 12.3. The largest absolute Gasteiger partial charge is 0.493 e. The van der Waals surface area contributed by atoms with E-state index in [0.717, 1.165) is 37.0 Å². The number of benzene rings is 2. The van der Waals surface area contributed by atoms with Crippen molar-refractivity contribution in [1.29, 1.82) is 0 Å². The number of rotatable bonds is 6. The van der Waals surface area contributed by atoms with Gasteiger partial charge in [-0.25, -0.2) is 0 Å². The zero-order valence-electron chi connectivity index (χ0n) is 16.7.